The highest BCUT2D eigenvalue weighted by molar-refractivity contribution is 9.09. The minimum absolute atomic E-state index is 0.419. The second kappa shape index (κ2) is 8.61. The number of halogens is 1. The fraction of sp³-hybridized carbons (Fsp3) is 1.00. The number of rotatable bonds is 8. The number of hydrogen-bond acceptors (Lipinski definition) is 0. The molecule has 0 nitrogen and oxygen atoms in total. The predicted octanol–water partition coefficient (Wildman–Crippen LogP) is 5.94. The van der Waals surface area contributed by atoms with Gasteiger partial charge in [-0.2, -0.15) is 0 Å². The van der Waals surface area contributed by atoms with E-state index in [4.69, 9.17) is 0 Å². The first-order chi connectivity index (χ1) is 6.98. The van der Waals surface area contributed by atoms with Gasteiger partial charge in [-0.05, 0) is 11.8 Å². The lowest BCUT2D eigenvalue weighted by molar-refractivity contribution is 0.376. The lowest BCUT2D eigenvalue weighted by atomic mass is 9.89. The Labute approximate surface area is 105 Å². The first kappa shape index (κ1) is 15.5. The standard InChI is InChI=1S/C14H29Br/c1-5-6-7-8-9-10-11-12-13(15)14(2,3)4/h13H,5-12H2,1-4H3. The molecule has 0 rings (SSSR count). The predicted molar refractivity (Wildman–Crippen MR) is 74.8 cm³/mol. The van der Waals surface area contributed by atoms with Crippen LogP contribution >= 0.6 is 15.9 Å². The molecule has 0 saturated carbocycles. The summed E-state index contributed by atoms with van der Waals surface area (Å²) in [4.78, 5) is 0.681. The lowest BCUT2D eigenvalue weighted by Crippen LogP contribution is -2.19. The molecule has 1 heteroatoms. The van der Waals surface area contributed by atoms with Gasteiger partial charge in [-0.15, -0.1) is 0 Å². The maximum Gasteiger partial charge on any atom is 0.0194 e. The highest BCUT2D eigenvalue weighted by Gasteiger charge is 2.20. The zero-order valence-corrected chi connectivity index (χ0v) is 12.7. The van der Waals surface area contributed by atoms with Gasteiger partial charge in [0.25, 0.3) is 0 Å². The van der Waals surface area contributed by atoms with E-state index >= 15 is 0 Å². The van der Waals surface area contributed by atoms with E-state index in [1.807, 2.05) is 0 Å². The quantitative estimate of drug-likeness (QED) is 0.380. The van der Waals surface area contributed by atoms with Gasteiger partial charge in [-0.25, -0.2) is 0 Å². The molecule has 0 fully saturated rings. The molecule has 1 unspecified atom stereocenters. The van der Waals surface area contributed by atoms with Gasteiger partial charge in [0.15, 0.2) is 0 Å². The van der Waals surface area contributed by atoms with Gasteiger partial charge < -0.3 is 0 Å². The SMILES string of the molecule is CCCCCCCCCC(Br)C(C)(C)C. The van der Waals surface area contributed by atoms with Gasteiger partial charge in [0.05, 0.1) is 0 Å². The van der Waals surface area contributed by atoms with E-state index < -0.39 is 0 Å². The van der Waals surface area contributed by atoms with Crippen LogP contribution < -0.4 is 0 Å². The topological polar surface area (TPSA) is 0 Å². The van der Waals surface area contributed by atoms with Crippen LogP contribution in [0.25, 0.3) is 0 Å². The first-order valence-electron chi connectivity index (χ1n) is 6.62. The highest BCUT2D eigenvalue weighted by Crippen LogP contribution is 2.30. The summed E-state index contributed by atoms with van der Waals surface area (Å²) >= 11 is 3.79. The molecule has 0 radical (unpaired) electrons. The molecule has 0 aromatic carbocycles. The van der Waals surface area contributed by atoms with Gasteiger partial charge in [-0.3, -0.25) is 0 Å². The van der Waals surface area contributed by atoms with Crippen molar-refractivity contribution >= 4 is 15.9 Å². The van der Waals surface area contributed by atoms with Crippen LogP contribution in [0.3, 0.4) is 0 Å². The van der Waals surface area contributed by atoms with Crippen molar-refractivity contribution in [2.75, 3.05) is 0 Å². The van der Waals surface area contributed by atoms with E-state index in [2.05, 4.69) is 43.6 Å². The maximum atomic E-state index is 3.79. The molecule has 0 aliphatic heterocycles. The van der Waals surface area contributed by atoms with Gasteiger partial charge in [0.2, 0.25) is 0 Å². The average Bonchev–Trinajstić information content (AvgIpc) is 2.14. The molecular formula is C14H29Br. The molecule has 0 spiro atoms. The van der Waals surface area contributed by atoms with Gasteiger partial charge in [0, 0.05) is 4.83 Å². The van der Waals surface area contributed by atoms with Crippen LogP contribution in [0.4, 0.5) is 0 Å². The number of unbranched alkanes of at least 4 members (excludes halogenated alkanes) is 6. The number of alkyl halides is 1. The molecule has 0 aromatic rings. The molecule has 0 saturated heterocycles. The molecule has 15 heavy (non-hydrogen) atoms. The van der Waals surface area contributed by atoms with Crippen LogP contribution in [-0.2, 0) is 0 Å². The Bertz CT molecular complexity index is 135. The Morgan fingerprint density at radius 3 is 1.80 bits per heavy atom. The van der Waals surface area contributed by atoms with Crippen molar-refractivity contribution in [2.24, 2.45) is 5.41 Å². The Kier molecular flexibility index (Phi) is 8.89. The van der Waals surface area contributed by atoms with Crippen LogP contribution in [0.2, 0.25) is 0 Å². The Balaban J connectivity index is 3.24. The van der Waals surface area contributed by atoms with Crippen molar-refractivity contribution in [2.45, 2.75) is 83.9 Å². The fourth-order valence-electron chi connectivity index (χ4n) is 1.71. The molecule has 92 valence electrons. The molecule has 0 aliphatic carbocycles. The van der Waals surface area contributed by atoms with Crippen LogP contribution in [-0.4, -0.2) is 4.83 Å². The zero-order valence-electron chi connectivity index (χ0n) is 11.1. The Morgan fingerprint density at radius 1 is 0.867 bits per heavy atom. The summed E-state index contributed by atoms with van der Waals surface area (Å²) in [6.07, 6.45) is 11.2. The zero-order chi connectivity index (χ0) is 11.7. The van der Waals surface area contributed by atoms with Crippen molar-refractivity contribution in [1.29, 1.82) is 0 Å². The molecular weight excluding hydrogens is 248 g/mol. The van der Waals surface area contributed by atoms with Gasteiger partial charge in [-0.1, -0.05) is 88.6 Å². The molecule has 1 atom stereocenters. The third-order valence-corrected chi connectivity index (χ3v) is 4.83. The summed E-state index contributed by atoms with van der Waals surface area (Å²) in [6.45, 7) is 9.22. The monoisotopic (exact) mass is 276 g/mol. The van der Waals surface area contributed by atoms with Crippen molar-refractivity contribution in [3.05, 3.63) is 0 Å². The molecule has 0 aliphatic rings. The molecule has 0 N–H and O–H groups in total. The average molecular weight is 277 g/mol. The molecule has 0 heterocycles. The first-order valence-corrected chi connectivity index (χ1v) is 7.54. The third kappa shape index (κ3) is 9.41. The normalized spacial score (nSPS) is 14.2. The highest BCUT2D eigenvalue weighted by atomic mass is 79.9. The minimum Gasteiger partial charge on any atom is -0.0885 e. The van der Waals surface area contributed by atoms with Crippen molar-refractivity contribution in [1.82, 2.24) is 0 Å². The summed E-state index contributed by atoms with van der Waals surface area (Å²) < 4.78 is 0. The van der Waals surface area contributed by atoms with Crippen LogP contribution in [0.1, 0.15) is 79.1 Å². The summed E-state index contributed by atoms with van der Waals surface area (Å²) in [5, 5.41) is 0. The third-order valence-electron chi connectivity index (χ3n) is 3.00. The van der Waals surface area contributed by atoms with Gasteiger partial charge >= 0.3 is 0 Å². The van der Waals surface area contributed by atoms with Crippen LogP contribution in [0.5, 0.6) is 0 Å². The minimum atomic E-state index is 0.419. The summed E-state index contributed by atoms with van der Waals surface area (Å²) in [5.41, 5.74) is 0.419. The number of hydrogen-bond donors (Lipinski definition) is 0. The molecule has 0 aromatic heterocycles. The molecule has 0 amide bonds. The summed E-state index contributed by atoms with van der Waals surface area (Å²) in [6, 6.07) is 0. The van der Waals surface area contributed by atoms with E-state index in [0.717, 1.165) is 0 Å². The van der Waals surface area contributed by atoms with Crippen molar-refractivity contribution < 1.29 is 0 Å². The Morgan fingerprint density at radius 2 is 1.33 bits per heavy atom. The second-order valence-corrected chi connectivity index (χ2v) is 6.85. The van der Waals surface area contributed by atoms with Crippen molar-refractivity contribution in [3.63, 3.8) is 0 Å². The van der Waals surface area contributed by atoms with Crippen molar-refractivity contribution in [3.8, 4) is 0 Å². The van der Waals surface area contributed by atoms with E-state index in [1.165, 1.54) is 51.4 Å². The van der Waals surface area contributed by atoms with E-state index in [0.29, 0.717) is 10.2 Å². The van der Waals surface area contributed by atoms with Gasteiger partial charge in [0.1, 0.15) is 0 Å². The Hall–Kier alpha value is 0.480. The molecule has 0 bridgehead atoms. The summed E-state index contributed by atoms with van der Waals surface area (Å²) in [7, 11) is 0. The van der Waals surface area contributed by atoms with E-state index in [9.17, 15) is 0 Å². The van der Waals surface area contributed by atoms with E-state index in [-0.39, 0.29) is 0 Å². The van der Waals surface area contributed by atoms with Crippen LogP contribution in [0, 0.1) is 5.41 Å². The fourth-order valence-corrected chi connectivity index (χ4v) is 2.04. The van der Waals surface area contributed by atoms with E-state index in [1.54, 1.807) is 0 Å². The maximum absolute atomic E-state index is 3.79. The second-order valence-electron chi connectivity index (χ2n) is 5.74. The van der Waals surface area contributed by atoms with Crippen LogP contribution in [0.15, 0.2) is 0 Å². The smallest absolute Gasteiger partial charge is 0.0194 e. The largest absolute Gasteiger partial charge is 0.0885 e. The lowest BCUT2D eigenvalue weighted by Gasteiger charge is -2.25. The summed E-state index contributed by atoms with van der Waals surface area (Å²) in [5.74, 6) is 0.